The molecule has 1 aromatic rings. The number of rotatable bonds is 2. The molecule has 2 unspecified atom stereocenters. The van der Waals surface area contributed by atoms with Crippen LogP contribution in [0.4, 0.5) is 11.4 Å². The van der Waals surface area contributed by atoms with E-state index in [9.17, 15) is 9.59 Å². The van der Waals surface area contributed by atoms with Gasteiger partial charge >= 0.3 is 0 Å². The molecule has 0 N–H and O–H groups in total. The summed E-state index contributed by atoms with van der Waals surface area (Å²) in [5, 5.41) is 0. The minimum atomic E-state index is -0.648. The van der Waals surface area contributed by atoms with Gasteiger partial charge in [-0.1, -0.05) is 12.2 Å². The molecule has 4 aliphatic heterocycles. The smallest absolute Gasteiger partial charge is 0.241 e. The lowest BCUT2D eigenvalue weighted by Gasteiger charge is -2.29. The Morgan fingerprint density at radius 3 is 2.40 bits per heavy atom. The van der Waals surface area contributed by atoms with E-state index in [1.165, 1.54) is 4.90 Å². The van der Waals surface area contributed by atoms with Gasteiger partial charge < -0.3 is 14.4 Å². The summed E-state index contributed by atoms with van der Waals surface area (Å²) in [7, 11) is 0. The van der Waals surface area contributed by atoms with Gasteiger partial charge in [0.25, 0.3) is 0 Å². The molecule has 0 aromatic heterocycles. The summed E-state index contributed by atoms with van der Waals surface area (Å²) in [4.78, 5) is 29.4. The molecule has 4 heterocycles. The first-order valence-corrected chi connectivity index (χ1v) is 8.76. The lowest BCUT2D eigenvalue weighted by atomic mass is 9.78. The lowest BCUT2D eigenvalue weighted by Crippen LogP contribution is -2.38. The van der Waals surface area contributed by atoms with Crippen molar-refractivity contribution in [3.63, 3.8) is 0 Å². The van der Waals surface area contributed by atoms with Crippen LogP contribution in [0.1, 0.15) is 6.92 Å². The number of morpholine rings is 1. The number of anilines is 2. The molecule has 3 fully saturated rings. The molecule has 0 aliphatic carbocycles. The largest absolute Gasteiger partial charge is 0.378 e. The maximum absolute atomic E-state index is 12.9. The Bertz CT molecular complexity index is 768. The first kappa shape index (κ1) is 15.1. The summed E-state index contributed by atoms with van der Waals surface area (Å²) < 4.78 is 11.2. The summed E-state index contributed by atoms with van der Waals surface area (Å²) in [5.74, 6) is -1.09. The average molecular weight is 340 g/mol. The van der Waals surface area contributed by atoms with E-state index in [1.807, 2.05) is 43.3 Å². The second-order valence-electron chi connectivity index (χ2n) is 7.26. The number of amides is 2. The zero-order chi connectivity index (χ0) is 17.2. The van der Waals surface area contributed by atoms with E-state index < -0.39 is 11.5 Å². The number of nitrogens with zero attached hydrogens (tertiary/aromatic N) is 2. The van der Waals surface area contributed by atoms with Crippen molar-refractivity contribution in [2.45, 2.75) is 18.6 Å². The van der Waals surface area contributed by atoms with Crippen molar-refractivity contribution in [1.29, 1.82) is 0 Å². The predicted molar refractivity (Wildman–Crippen MR) is 91.4 cm³/mol. The van der Waals surface area contributed by atoms with Gasteiger partial charge in [0.1, 0.15) is 0 Å². The molecule has 130 valence electrons. The minimum absolute atomic E-state index is 0.146. The number of fused-ring (bicyclic) bond motifs is 5. The molecular weight excluding hydrogens is 320 g/mol. The summed E-state index contributed by atoms with van der Waals surface area (Å²) in [6.45, 7) is 5.05. The molecule has 0 spiro atoms. The summed E-state index contributed by atoms with van der Waals surface area (Å²) in [5.41, 5.74) is 1.08. The van der Waals surface area contributed by atoms with Crippen LogP contribution in [0, 0.1) is 11.8 Å². The van der Waals surface area contributed by atoms with E-state index in [2.05, 4.69) is 4.90 Å². The van der Waals surface area contributed by atoms with Gasteiger partial charge in [0.05, 0.1) is 42.4 Å². The molecule has 2 bridgehead atoms. The van der Waals surface area contributed by atoms with E-state index in [1.54, 1.807) is 0 Å². The highest BCUT2D eigenvalue weighted by Gasteiger charge is 2.66. The number of imide groups is 1. The second kappa shape index (κ2) is 5.16. The molecule has 6 heteroatoms. The zero-order valence-corrected chi connectivity index (χ0v) is 14.1. The summed E-state index contributed by atoms with van der Waals surface area (Å²) in [6.07, 6.45) is 3.57. The van der Waals surface area contributed by atoms with Crippen LogP contribution in [0.5, 0.6) is 0 Å². The third kappa shape index (κ3) is 2.04. The Balaban J connectivity index is 1.42. The van der Waals surface area contributed by atoms with Gasteiger partial charge in [0, 0.05) is 18.8 Å². The van der Waals surface area contributed by atoms with Crippen molar-refractivity contribution < 1.29 is 19.1 Å². The average Bonchev–Trinajstić information content (AvgIpc) is 3.25. The fourth-order valence-corrected chi connectivity index (χ4v) is 4.54. The third-order valence-electron chi connectivity index (χ3n) is 5.81. The number of carbonyl (C=O) groups excluding carboxylic acids is 2. The third-order valence-corrected chi connectivity index (χ3v) is 5.81. The molecular formula is C19H20N2O4. The van der Waals surface area contributed by atoms with Crippen molar-refractivity contribution >= 4 is 23.2 Å². The fourth-order valence-electron chi connectivity index (χ4n) is 4.54. The van der Waals surface area contributed by atoms with Gasteiger partial charge in [0.15, 0.2) is 0 Å². The Kier molecular flexibility index (Phi) is 3.12. The molecule has 0 saturated carbocycles. The van der Waals surface area contributed by atoms with Crippen LogP contribution < -0.4 is 9.80 Å². The van der Waals surface area contributed by atoms with Crippen LogP contribution in [-0.2, 0) is 19.1 Å². The number of hydrogen-bond donors (Lipinski definition) is 0. The first-order valence-electron chi connectivity index (χ1n) is 8.76. The standard InChI is InChI=1S/C19H20N2O4/c1-19-7-6-14(25-19)15-16(19)18(23)21(17(15)22)13-4-2-12(3-5-13)20-8-10-24-11-9-20/h2-7,14-16H,8-11H2,1H3/t14-,15?,16?,19+/m1/s1. The maximum Gasteiger partial charge on any atom is 0.241 e. The van der Waals surface area contributed by atoms with Crippen LogP contribution in [0.25, 0.3) is 0 Å². The number of hydrogen-bond acceptors (Lipinski definition) is 5. The quantitative estimate of drug-likeness (QED) is 0.601. The van der Waals surface area contributed by atoms with Crippen molar-refractivity contribution in [3.8, 4) is 0 Å². The maximum atomic E-state index is 12.9. The molecule has 3 saturated heterocycles. The highest BCUT2D eigenvalue weighted by atomic mass is 16.5. The van der Waals surface area contributed by atoms with Crippen molar-refractivity contribution in [3.05, 3.63) is 36.4 Å². The minimum Gasteiger partial charge on any atom is -0.378 e. The molecule has 6 nitrogen and oxygen atoms in total. The van der Waals surface area contributed by atoms with Crippen molar-refractivity contribution in [2.75, 3.05) is 36.1 Å². The van der Waals surface area contributed by atoms with Crippen LogP contribution in [0.3, 0.4) is 0 Å². The molecule has 4 atom stereocenters. The number of carbonyl (C=O) groups is 2. The van der Waals surface area contributed by atoms with E-state index in [0.29, 0.717) is 5.69 Å². The van der Waals surface area contributed by atoms with Gasteiger partial charge in [-0.15, -0.1) is 0 Å². The normalized spacial score (nSPS) is 36.4. The monoisotopic (exact) mass is 340 g/mol. The van der Waals surface area contributed by atoms with E-state index in [-0.39, 0.29) is 23.8 Å². The molecule has 1 aromatic carbocycles. The Morgan fingerprint density at radius 1 is 1.04 bits per heavy atom. The first-order chi connectivity index (χ1) is 12.1. The Hall–Kier alpha value is -2.18. The zero-order valence-electron chi connectivity index (χ0n) is 14.1. The van der Waals surface area contributed by atoms with E-state index in [0.717, 1.165) is 32.0 Å². The topological polar surface area (TPSA) is 59.1 Å². The SMILES string of the molecule is C[C@@]12C=C[C@@H](O1)C1C(=O)N(c3ccc(N4CCOCC4)cc3)C(=O)C12. The number of ether oxygens (including phenoxy) is 2. The summed E-state index contributed by atoms with van der Waals surface area (Å²) in [6, 6.07) is 7.67. The Morgan fingerprint density at radius 2 is 1.72 bits per heavy atom. The molecule has 5 rings (SSSR count). The van der Waals surface area contributed by atoms with Gasteiger partial charge in [0.2, 0.25) is 11.8 Å². The molecule has 25 heavy (non-hydrogen) atoms. The van der Waals surface area contributed by atoms with Gasteiger partial charge in [-0.05, 0) is 31.2 Å². The van der Waals surface area contributed by atoms with Gasteiger partial charge in [-0.2, -0.15) is 0 Å². The highest BCUT2D eigenvalue weighted by molar-refractivity contribution is 6.23. The molecule has 4 aliphatic rings. The van der Waals surface area contributed by atoms with Crippen molar-refractivity contribution in [1.82, 2.24) is 0 Å². The lowest BCUT2D eigenvalue weighted by molar-refractivity contribution is -0.126. The van der Waals surface area contributed by atoms with E-state index in [4.69, 9.17) is 9.47 Å². The summed E-state index contributed by atoms with van der Waals surface area (Å²) >= 11 is 0. The van der Waals surface area contributed by atoms with Crippen LogP contribution >= 0.6 is 0 Å². The highest BCUT2D eigenvalue weighted by Crippen LogP contribution is 2.52. The van der Waals surface area contributed by atoms with Crippen LogP contribution in [0.15, 0.2) is 36.4 Å². The van der Waals surface area contributed by atoms with Gasteiger partial charge in [-0.25, -0.2) is 4.90 Å². The van der Waals surface area contributed by atoms with Gasteiger partial charge in [-0.3, -0.25) is 9.59 Å². The van der Waals surface area contributed by atoms with E-state index >= 15 is 0 Å². The predicted octanol–water partition coefficient (Wildman–Crippen LogP) is 1.36. The molecule has 2 amide bonds. The number of benzene rings is 1. The fraction of sp³-hybridized carbons (Fsp3) is 0.474. The molecule has 0 radical (unpaired) electrons. The van der Waals surface area contributed by atoms with Crippen LogP contribution in [-0.4, -0.2) is 49.8 Å². The van der Waals surface area contributed by atoms with Crippen molar-refractivity contribution in [2.24, 2.45) is 11.8 Å². The Labute approximate surface area is 146 Å². The second-order valence-corrected chi connectivity index (χ2v) is 7.26. The van der Waals surface area contributed by atoms with Crippen LogP contribution in [0.2, 0.25) is 0 Å².